The summed E-state index contributed by atoms with van der Waals surface area (Å²) < 4.78 is 0. The van der Waals surface area contributed by atoms with Gasteiger partial charge in [-0.15, -0.1) is 0 Å². The van der Waals surface area contributed by atoms with Crippen LogP contribution < -0.4 is 0 Å². The van der Waals surface area contributed by atoms with E-state index in [-0.39, 0.29) is 0 Å². The highest BCUT2D eigenvalue weighted by atomic mass is 79.9. The number of hydrogen-bond acceptors (Lipinski definition) is 3. The first-order chi connectivity index (χ1) is 6.36. The predicted molar refractivity (Wildman–Crippen MR) is 58.4 cm³/mol. The fourth-order valence-electron chi connectivity index (χ4n) is 1.66. The normalized spacial score (nSPS) is 20.8. The highest BCUT2D eigenvalue weighted by molar-refractivity contribution is 9.09. The van der Waals surface area contributed by atoms with Crippen molar-refractivity contribution in [3.63, 3.8) is 0 Å². The molecule has 1 fully saturated rings. The molecule has 1 aliphatic heterocycles. The minimum Gasteiger partial charge on any atom is -0.395 e. The standard InChI is InChI=1S/C9H19BrN2O/c10-2-1-3-11-4-6-12(7-5-11)8-9-13/h13H,1-9H2. The zero-order valence-electron chi connectivity index (χ0n) is 8.08. The largest absolute Gasteiger partial charge is 0.395 e. The van der Waals surface area contributed by atoms with Crippen molar-refractivity contribution >= 4 is 15.9 Å². The van der Waals surface area contributed by atoms with Crippen LogP contribution in [0.4, 0.5) is 0 Å². The first-order valence-corrected chi connectivity index (χ1v) is 6.10. The summed E-state index contributed by atoms with van der Waals surface area (Å²) >= 11 is 3.44. The van der Waals surface area contributed by atoms with Gasteiger partial charge in [-0.3, -0.25) is 4.90 Å². The van der Waals surface area contributed by atoms with Gasteiger partial charge in [-0.25, -0.2) is 0 Å². The Labute approximate surface area is 88.8 Å². The van der Waals surface area contributed by atoms with E-state index in [0.717, 1.165) is 38.1 Å². The predicted octanol–water partition coefficient (Wildman–Crippen LogP) is 0.381. The fourth-order valence-corrected chi connectivity index (χ4v) is 1.91. The van der Waals surface area contributed by atoms with E-state index in [1.807, 2.05) is 0 Å². The third kappa shape index (κ3) is 4.40. The van der Waals surface area contributed by atoms with Gasteiger partial charge in [0, 0.05) is 38.1 Å². The van der Waals surface area contributed by atoms with Crippen LogP contribution in [-0.4, -0.2) is 66.1 Å². The lowest BCUT2D eigenvalue weighted by atomic mass is 10.3. The number of β-amino-alcohol motifs (C(OH)–C–C–N with tert-alkyl or cyclic N) is 1. The summed E-state index contributed by atoms with van der Waals surface area (Å²) in [6.07, 6.45) is 1.24. The number of piperazine rings is 1. The van der Waals surface area contributed by atoms with E-state index >= 15 is 0 Å². The quantitative estimate of drug-likeness (QED) is 0.716. The topological polar surface area (TPSA) is 26.7 Å². The minimum atomic E-state index is 0.293. The van der Waals surface area contributed by atoms with Gasteiger partial charge in [-0.05, 0) is 13.0 Å². The van der Waals surface area contributed by atoms with Gasteiger partial charge in [-0.1, -0.05) is 15.9 Å². The molecule has 1 aliphatic rings. The molecule has 0 atom stereocenters. The maximum Gasteiger partial charge on any atom is 0.0558 e. The first-order valence-electron chi connectivity index (χ1n) is 4.98. The van der Waals surface area contributed by atoms with Crippen molar-refractivity contribution < 1.29 is 5.11 Å². The van der Waals surface area contributed by atoms with E-state index in [2.05, 4.69) is 25.7 Å². The van der Waals surface area contributed by atoms with Crippen molar-refractivity contribution in [2.45, 2.75) is 6.42 Å². The molecule has 3 nitrogen and oxygen atoms in total. The Kier molecular flexibility index (Phi) is 5.95. The van der Waals surface area contributed by atoms with E-state index < -0.39 is 0 Å². The van der Waals surface area contributed by atoms with Gasteiger partial charge in [0.2, 0.25) is 0 Å². The number of alkyl halides is 1. The van der Waals surface area contributed by atoms with Crippen LogP contribution in [0.1, 0.15) is 6.42 Å². The highest BCUT2D eigenvalue weighted by Crippen LogP contribution is 2.02. The summed E-state index contributed by atoms with van der Waals surface area (Å²) in [5.74, 6) is 0. The van der Waals surface area contributed by atoms with Crippen LogP contribution in [0.25, 0.3) is 0 Å². The Bertz CT molecular complexity index is 127. The average Bonchev–Trinajstić information content (AvgIpc) is 2.17. The zero-order chi connectivity index (χ0) is 9.52. The van der Waals surface area contributed by atoms with Crippen LogP contribution in [0.2, 0.25) is 0 Å². The molecule has 0 aromatic carbocycles. The zero-order valence-corrected chi connectivity index (χ0v) is 9.67. The van der Waals surface area contributed by atoms with Crippen LogP contribution in [0.3, 0.4) is 0 Å². The van der Waals surface area contributed by atoms with E-state index in [1.54, 1.807) is 0 Å². The molecule has 4 heteroatoms. The number of nitrogens with zero attached hydrogens (tertiary/aromatic N) is 2. The lowest BCUT2D eigenvalue weighted by Crippen LogP contribution is -2.47. The fraction of sp³-hybridized carbons (Fsp3) is 1.00. The van der Waals surface area contributed by atoms with E-state index in [1.165, 1.54) is 13.0 Å². The van der Waals surface area contributed by atoms with Crippen LogP contribution >= 0.6 is 15.9 Å². The maximum atomic E-state index is 8.76. The van der Waals surface area contributed by atoms with Gasteiger partial charge < -0.3 is 10.0 Å². The van der Waals surface area contributed by atoms with Crippen molar-refractivity contribution in [3.05, 3.63) is 0 Å². The Balaban J connectivity index is 2.08. The third-order valence-corrected chi connectivity index (χ3v) is 3.05. The molecule has 78 valence electrons. The second-order valence-electron chi connectivity index (χ2n) is 3.45. The van der Waals surface area contributed by atoms with E-state index in [4.69, 9.17) is 5.11 Å². The summed E-state index contributed by atoms with van der Waals surface area (Å²) in [6.45, 7) is 6.89. The smallest absolute Gasteiger partial charge is 0.0558 e. The monoisotopic (exact) mass is 250 g/mol. The first kappa shape index (κ1) is 11.4. The molecule has 1 rings (SSSR count). The molecule has 0 radical (unpaired) electrons. The Morgan fingerprint density at radius 1 is 1.00 bits per heavy atom. The molecule has 0 aromatic heterocycles. The molecule has 0 unspecified atom stereocenters. The number of rotatable bonds is 5. The van der Waals surface area contributed by atoms with Crippen LogP contribution in [-0.2, 0) is 0 Å². The Hall–Kier alpha value is 0.360. The molecule has 0 aliphatic carbocycles. The van der Waals surface area contributed by atoms with Gasteiger partial charge in [0.1, 0.15) is 0 Å². The molecule has 0 bridgehead atoms. The second kappa shape index (κ2) is 6.76. The SMILES string of the molecule is OCCN1CCN(CCCBr)CC1. The van der Waals surface area contributed by atoms with Gasteiger partial charge in [0.25, 0.3) is 0 Å². The number of hydrogen-bond donors (Lipinski definition) is 1. The molecule has 0 amide bonds. The molecular weight excluding hydrogens is 232 g/mol. The third-order valence-electron chi connectivity index (χ3n) is 2.49. The summed E-state index contributed by atoms with van der Waals surface area (Å²) in [4.78, 5) is 4.82. The van der Waals surface area contributed by atoms with Gasteiger partial charge in [-0.2, -0.15) is 0 Å². The molecule has 0 aromatic rings. The number of halogens is 1. The van der Waals surface area contributed by atoms with Crippen molar-refractivity contribution in [2.24, 2.45) is 0 Å². The molecule has 13 heavy (non-hydrogen) atoms. The van der Waals surface area contributed by atoms with Crippen LogP contribution in [0, 0.1) is 0 Å². The van der Waals surface area contributed by atoms with Gasteiger partial charge in [0.15, 0.2) is 0 Å². The maximum absolute atomic E-state index is 8.76. The molecule has 0 spiro atoms. The Morgan fingerprint density at radius 3 is 2.00 bits per heavy atom. The molecule has 1 saturated heterocycles. The Morgan fingerprint density at radius 2 is 1.54 bits per heavy atom. The second-order valence-corrected chi connectivity index (χ2v) is 4.24. The van der Waals surface area contributed by atoms with Crippen molar-refractivity contribution in [1.29, 1.82) is 0 Å². The van der Waals surface area contributed by atoms with E-state index in [0.29, 0.717) is 6.61 Å². The van der Waals surface area contributed by atoms with Gasteiger partial charge in [0.05, 0.1) is 6.61 Å². The van der Waals surface area contributed by atoms with Crippen molar-refractivity contribution in [3.8, 4) is 0 Å². The molecule has 1 heterocycles. The highest BCUT2D eigenvalue weighted by Gasteiger charge is 2.14. The van der Waals surface area contributed by atoms with Crippen LogP contribution in [0.5, 0.6) is 0 Å². The molecular formula is C9H19BrN2O. The average molecular weight is 251 g/mol. The number of aliphatic hydroxyl groups excluding tert-OH is 1. The van der Waals surface area contributed by atoms with Gasteiger partial charge >= 0.3 is 0 Å². The lowest BCUT2D eigenvalue weighted by molar-refractivity contribution is 0.113. The molecule has 0 saturated carbocycles. The van der Waals surface area contributed by atoms with Crippen molar-refractivity contribution in [2.75, 3.05) is 51.2 Å². The van der Waals surface area contributed by atoms with Crippen LogP contribution in [0.15, 0.2) is 0 Å². The number of aliphatic hydroxyl groups is 1. The van der Waals surface area contributed by atoms with E-state index in [9.17, 15) is 0 Å². The lowest BCUT2D eigenvalue weighted by Gasteiger charge is -2.34. The summed E-state index contributed by atoms with van der Waals surface area (Å²) in [5.41, 5.74) is 0. The summed E-state index contributed by atoms with van der Waals surface area (Å²) in [7, 11) is 0. The summed E-state index contributed by atoms with van der Waals surface area (Å²) in [6, 6.07) is 0. The molecule has 1 N–H and O–H groups in total. The summed E-state index contributed by atoms with van der Waals surface area (Å²) in [5, 5.41) is 9.87. The minimum absolute atomic E-state index is 0.293. The van der Waals surface area contributed by atoms with Crippen molar-refractivity contribution in [1.82, 2.24) is 9.80 Å².